The van der Waals surface area contributed by atoms with E-state index in [1.54, 1.807) is 7.11 Å². The molecule has 1 aromatic carbocycles. The molecule has 2 aliphatic rings. The Kier molecular flexibility index (Phi) is 6.90. The van der Waals surface area contributed by atoms with Gasteiger partial charge in [0, 0.05) is 44.5 Å². The van der Waals surface area contributed by atoms with E-state index in [2.05, 4.69) is 40.2 Å². The average molecular weight is 333 g/mol. The molecule has 3 unspecified atom stereocenters. The fourth-order valence-corrected chi connectivity index (χ4v) is 3.87. The van der Waals surface area contributed by atoms with Crippen LogP contribution in [0.3, 0.4) is 0 Å². The molecule has 24 heavy (non-hydrogen) atoms. The summed E-state index contributed by atoms with van der Waals surface area (Å²) >= 11 is 0. The van der Waals surface area contributed by atoms with Crippen LogP contribution in [0, 0.1) is 5.92 Å². The number of methoxy groups -OCH3 is 1. The lowest BCUT2D eigenvalue weighted by Gasteiger charge is -2.33. The van der Waals surface area contributed by atoms with Crippen molar-refractivity contribution in [1.82, 2.24) is 10.6 Å². The third kappa shape index (κ3) is 4.93. The van der Waals surface area contributed by atoms with E-state index in [9.17, 15) is 0 Å². The van der Waals surface area contributed by atoms with Gasteiger partial charge in [0.15, 0.2) is 0 Å². The summed E-state index contributed by atoms with van der Waals surface area (Å²) in [5.41, 5.74) is 2.49. The monoisotopic (exact) mass is 333 g/mol. The zero-order valence-electron chi connectivity index (χ0n) is 14.7. The highest BCUT2D eigenvalue weighted by Gasteiger charge is 2.34. The lowest BCUT2D eigenvalue weighted by molar-refractivity contribution is 0.0524. The molecular weight excluding hydrogens is 302 g/mol. The maximum absolute atomic E-state index is 5.65. The van der Waals surface area contributed by atoms with Crippen LogP contribution in [0.1, 0.15) is 24.8 Å². The summed E-state index contributed by atoms with van der Waals surface area (Å²) in [6.07, 6.45) is 3.91. The van der Waals surface area contributed by atoms with Crippen LogP contribution in [0.15, 0.2) is 24.3 Å². The molecule has 0 radical (unpaired) electrons. The van der Waals surface area contributed by atoms with E-state index in [0.717, 1.165) is 45.1 Å². The molecule has 3 atom stereocenters. The lowest BCUT2D eigenvalue weighted by atomic mass is 9.94. The van der Waals surface area contributed by atoms with Gasteiger partial charge in [0.2, 0.25) is 0 Å². The molecule has 1 aliphatic carbocycles. The van der Waals surface area contributed by atoms with Gasteiger partial charge in [-0.3, -0.25) is 0 Å². The van der Waals surface area contributed by atoms with Crippen LogP contribution < -0.4 is 16.0 Å². The molecule has 1 saturated heterocycles. The van der Waals surface area contributed by atoms with Crippen LogP contribution in [0.5, 0.6) is 0 Å². The Morgan fingerprint density at radius 1 is 1.25 bits per heavy atom. The molecule has 0 bridgehead atoms. The normalized spacial score (nSPS) is 27.3. The maximum Gasteiger partial charge on any atom is 0.0635 e. The summed E-state index contributed by atoms with van der Waals surface area (Å²) < 4.78 is 10.7. The predicted octanol–water partition coefficient (Wildman–Crippen LogP) is 1.99. The standard InChI is InChI=1S/C19H31N3O2/c1-23-11-9-20-16-7-5-15(6-8-16)13-22-18-4-2-3-17(18)19-14-24-12-10-21-19/h5-8,17-22H,2-4,9-14H2,1H3. The van der Waals surface area contributed by atoms with E-state index in [0.29, 0.717) is 18.0 Å². The van der Waals surface area contributed by atoms with Gasteiger partial charge in [-0.1, -0.05) is 18.6 Å². The summed E-state index contributed by atoms with van der Waals surface area (Å²) in [4.78, 5) is 0. The van der Waals surface area contributed by atoms with Gasteiger partial charge in [-0.2, -0.15) is 0 Å². The van der Waals surface area contributed by atoms with Crippen LogP contribution in [0.4, 0.5) is 5.69 Å². The topological polar surface area (TPSA) is 54.5 Å². The molecule has 1 heterocycles. The second-order valence-electron chi connectivity index (χ2n) is 6.83. The number of ether oxygens (including phenoxy) is 2. The molecule has 0 amide bonds. The van der Waals surface area contributed by atoms with Crippen LogP contribution in [-0.2, 0) is 16.0 Å². The zero-order chi connectivity index (χ0) is 16.6. The van der Waals surface area contributed by atoms with Crippen molar-refractivity contribution in [3.8, 4) is 0 Å². The van der Waals surface area contributed by atoms with Gasteiger partial charge in [0.25, 0.3) is 0 Å². The number of hydrogen-bond donors (Lipinski definition) is 3. The van der Waals surface area contributed by atoms with E-state index in [1.165, 1.54) is 24.8 Å². The summed E-state index contributed by atoms with van der Waals surface area (Å²) in [6, 6.07) is 9.82. The summed E-state index contributed by atoms with van der Waals surface area (Å²) in [6.45, 7) is 5.22. The van der Waals surface area contributed by atoms with Crippen molar-refractivity contribution < 1.29 is 9.47 Å². The van der Waals surface area contributed by atoms with Crippen LogP contribution >= 0.6 is 0 Å². The highest BCUT2D eigenvalue weighted by Crippen LogP contribution is 2.29. The molecule has 1 aromatic rings. The fraction of sp³-hybridized carbons (Fsp3) is 0.684. The average Bonchev–Trinajstić information content (AvgIpc) is 3.11. The number of rotatable bonds is 8. The van der Waals surface area contributed by atoms with E-state index in [4.69, 9.17) is 9.47 Å². The van der Waals surface area contributed by atoms with Gasteiger partial charge >= 0.3 is 0 Å². The van der Waals surface area contributed by atoms with Crippen molar-refractivity contribution in [1.29, 1.82) is 0 Å². The number of morpholine rings is 1. The van der Waals surface area contributed by atoms with Crippen LogP contribution in [0.2, 0.25) is 0 Å². The molecular formula is C19H31N3O2. The number of anilines is 1. The highest BCUT2D eigenvalue weighted by atomic mass is 16.5. The predicted molar refractivity (Wildman–Crippen MR) is 97.4 cm³/mol. The van der Waals surface area contributed by atoms with E-state index >= 15 is 0 Å². The Morgan fingerprint density at radius 2 is 2.12 bits per heavy atom. The number of benzene rings is 1. The molecule has 2 fully saturated rings. The lowest BCUT2D eigenvalue weighted by Crippen LogP contribution is -2.50. The van der Waals surface area contributed by atoms with Gasteiger partial charge in [-0.05, 0) is 36.5 Å². The van der Waals surface area contributed by atoms with Crippen molar-refractivity contribution in [2.45, 2.75) is 37.9 Å². The first-order valence-electron chi connectivity index (χ1n) is 9.23. The Bertz CT molecular complexity index is 474. The minimum atomic E-state index is 0.520. The molecule has 1 aliphatic heterocycles. The molecule has 134 valence electrons. The SMILES string of the molecule is COCCNc1ccc(CNC2CCCC2C2COCCN2)cc1. The molecule has 5 heteroatoms. The Labute approximate surface area is 145 Å². The van der Waals surface area contributed by atoms with Crippen LogP contribution in [-0.4, -0.2) is 52.1 Å². The number of hydrogen-bond acceptors (Lipinski definition) is 5. The van der Waals surface area contributed by atoms with E-state index in [1.807, 2.05) is 0 Å². The second-order valence-corrected chi connectivity index (χ2v) is 6.83. The quantitative estimate of drug-likeness (QED) is 0.635. The van der Waals surface area contributed by atoms with Crippen molar-refractivity contribution >= 4 is 5.69 Å². The summed E-state index contributed by atoms with van der Waals surface area (Å²) in [5, 5.41) is 10.8. The third-order valence-corrected chi connectivity index (χ3v) is 5.19. The molecule has 5 nitrogen and oxygen atoms in total. The van der Waals surface area contributed by atoms with Gasteiger partial charge in [0.05, 0.1) is 19.8 Å². The molecule has 3 rings (SSSR count). The van der Waals surface area contributed by atoms with Crippen molar-refractivity contribution in [2.75, 3.05) is 45.3 Å². The minimum absolute atomic E-state index is 0.520. The summed E-state index contributed by atoms with van der Waals surface area (Å²) in [7, 11) is 1.72. The van der Waals surface area contributed by atoms with Gasteiger partial charge in [-0.15, -0.1) is 0 Å². The fourth-order valence-electron chi connectivity index (χ4n) is 3.87. The first-order chi connectivity index (χ1) is 11.9. The first-order valence-corrected chi connectivity index (χ1v) is 9.23. The van der Waals surface area contributed by atoms with Gasteiger partial charge < -0.3 is 25.4 Å². The first kappa shape index (κ1) is 17.7. The van der Waals surface area contributed by atoms with E-state index < -0.39 is 0 Å². The zero-order valence-corrected chi connectivity index (χ0v) is 14.7. The van der Waals surface area contributed by atoms with Crippen molar-refractivity contribution in [2.24, 2.45) is 5.92 Å². The highest BCUT2D eigenvalue weighted by molar-refractivity contribution is 5.44. The maximum atomic E-state index is 5.65. The Hall–Kier alpha value is -1.14. The van der Waals surface area contributed by atoms with Gasteiger partial charge in [-0.25, -0.2) is 0 Å². The van der Waals surface area contributed by atoms with E-state index in [-0.39, 0.29) is 0 Å². The molecule has 3 N–H and O–H groups in total. The molecule has 1 saturated carbocycles. The second kappa shape index (κ2) is 9.37. The number of nitrogens with one attached hydrogen (secondary N) is 3. The Morgan fingerprint density at radius 3 is 2.88 bits per heavy atom. The molecule has 0 spiro atoms. The Balaban J connectivity index is 1.45. The summed E-state index contributed by atoms with van der Waals surface area (Å²) in [5.74, 6) is 0.695. The van der Waals surface area contributed by atoms with Gasteiger partial charge in [0.1, 0.15) is 0 Å². The minimum Gasteiger partial charge on any atom is -0.383 e. The molecule has 0 aromatic heterocycles. The largest absolute Gasteiger partial charge is 0.383 e. The third-order valence-electron chi connectivity index (χ3n) is 5.19. The van der Waals surface area contributed by atoms with Crippen molar-refractivity contribution in [3.05, 3.63) is 29.8 Å². The smallest absolute Gasteiger partial charge is 0.0635 e. The van der Waals surface area contributed by atoms with Crippen molar-refractivity contribution in [3.63, 3.8) is 0 Å². The van der Waals surface area contributed by atoms with Crippen LogP contribution in [0.25, 0.3) is 0 Å².